The number of benzene rings is 2. The Kier molecular flexibility index (Phi) is 5.44. The molecular formula is C26H27F2N5O2. The molecular weight excluding hydrogens is 452 g/mol. The summed E-state index contributed by atoms with van der Waals surface area (Å²) in [5.74, 6) is -0.0854. The number of nitrogens with zero attached hydrogens (tertiary/aromatic N) is 3. The Hall–Kier alpha value is -3.46. The molecule has 2 aliphatic rings. The average Bonchev–Trinajstić information content (AvgIpc) is 3.61. The third kappa shape index (κ3) is 3.93. The maximum atomic E-state index is 14.1. The summed E-state index contributed by atoms with van der Waals surface area (Å²) < 4.78 is 30.2. The van der Waals surface area contributed by atoms with Crippen LogP contribution in [-0.4, -0.2) is 55.8 Å². The quantitative estimate of drug-likeness (QED) is 0.380. The van der Waals surface area contributed by atoms with Crippen molar-refractivity contribution in [3.63, 3.8) is 0 Å². The number of halogens is 2. The number of carbonyl (C=O) groups is 1. The van der Waals surface area contributed by atoms with Crippen molar-refractivity contribution in [2.75, 3.05) is 13.1 Å². The summed E-state index contributed by atoms with van der Waals surface area (Å²) in [6, 6.07) is 9.36. The van der Waals surface area contributed by atoms with Gasteiger partial charge >= 0.3 is 6.09 Å². The molecule has 9 heteroatoms. The van der Waals surface area contributed by atoms with Gasteiger partial charge < -0.3 is 24.9 Å². The lowest BCUT2D eigenvalue weighted by Crippen LogP contribution is -2.37. The van der Waals surface area contributed by atoms with E-state index in [1.807, 2.05) is 4.57 Å². The van der Waals surface area contributed by atoms with Gasteiger partial charge in [-0.2, -0.15) is 0 Å². The largest absolute Gasteiger partial charge is 0.465 e. The predicted octanol–water partition coefficient (Wildman–Crippen LogP) is 4.90. The number of fused-ring (bicyclic) bond motifs is 2. The Morgan fingerprint density at radius 2 is 1.94 bits per heavy atom. The third-order valence-electron chi connectivity index (χ3n) is 7.43. The first kappa shape index (κ1) is 22.0. The zero-order valence-corrected chi connectivity index (χ0v) is 19.2. The molecule has 35 heavy (non-hydrogen) atoms. The second-order valence-electron chi connectivity index (χ2n) is 9.62. The maximum absolute atomic E-state index is 14.1. The van der Waals surface area contributed by atoms with E-state index < -0.39 is 6.09 Å². The summed E-state index contributed by atoms with van der Waals surface area (Å²) in [6.45, 7) is 1.89. The van der Waals surface area contributed by atoms with Crippen molar-refractivity contribution >= 4 is 28.0 Å². The molecule has 2 aliphatic heterocycles. The summed E-state index contributed by atoms with van der Waals surface area (Å²) >= 11 is 0. The topological polar surface area (TPSA) is 86.2 Å². The average molecular weight is 480 g/mol. The van der Waals surface area contributed by atoms with Crippen LogP contribution in [0, 0.1) is 11.6 Å². The number of aromatic amines is 1. The normalized spacial score (nSPS) is 20.5. The van der Waals surface area contributed by atoms with E-state index in [-0.39, 0.29) is 17.7 Å². The van der Waals surface area contributed by atoms with E-state index in [4.69, 9.17) is 4.98 Å². The first-order chi connectivity index (χ1) is 17.0. The van der Waals surface area contributed by atoms with Crippen LogP contribution < -0.4 is 5.32 Å². The van der Waals surface area contributed by atoms with E-state index in [2.05, 4.69) is 10.3 Å². The lowest BCUT2D eigenvalue weighted by molar-refractivity contribution is 0.136. The fourth-order valence-electron chi connectivity index (χ4n) is 5.77. The molecule has 1 unspecified atom stereocenters. The monoisotopic (exact) mass is 479 g/mol. The molecule has 4 heterocycles. The highest BCUT2D eigenvalue weighted by Gasteiger charge is 2.31. The van der Waals surface area contributed by atoms with Gasteiger partial charge in [-0.15, -0.1) is 0 Å². The van der Waals surface area contributed by atoms with Crippen molar-refractivity contribution < 1.29 is 18.7 Å². The van der Waals surface area contributed by atoms with E-state index >= 15 is 0 Å². The standard InChI is InChI=1S/C26H27F2N5O2/c27-15-5-7-19-20(13-17-3-1-9-29-17)24(30-21(19)11-15)25-31-22-12-16(28)6-8-23(22)33(25)14-18-4-2-10-32(18)26(34)35/h5-8,11-12,17-18,29-30H,1-4,9-10,13-14H2,(H,34,35)/t17?,18-/m0/s1. The van der Waals surface area contributed by atoms with Crippen LogP contribution in [0.25, 0.3) is 33.5 Å². The fourth-order valence-corrected chi connectivity index (χ4v) is 5.77. The molecule has 3 N–H and O–H groups in total. The zero-order chi connectivity index (χ0) is 24.1. The SMILES string of the molecule is O=C(O)N1CCC[C@H]1Cn1c(-c2[nH]c3cc(F)ccc3c2CC2CCCN2)nc2cc(F)ccc21. The fraction of sp³-hybridized carbons (Fsp3) is 0.385. The number of nitrogens with one attached hydrogen (secondary N) is 2. The molecule has 2 fully saturated rings. The van der Waals surface area contributed by atoms with Crippen LogP contribution in [-0.2, 0) is 13.0 Å². The summed E-state index contributed by atoms with van der Waals surface area (Å²) in [4.78, 5) is 21.5. The summed E-state index contributed by atoms with van der Waals surface area (Å²) in [7, 11) is 0. The van der Waals surface area contributed by atoms with Gasteiger partial charge in [0.1, 0.15) is 11.6 Å². The molecule has 4 aromatic rings. The van der Waals surface area contributed by atoms with Crippen molar-refractivity contribution in [3.8, 4) is 11.5 Å². The molecule has 0 bridgehead atoms. The number of carboxylic acid groups (broad SMARTS) is 1. The van der Waals surface area contributed by atoms with E-state index in [0.29, 0.717) is 36.0 Å². The number of hydrogen-bond donors (Lipinski definition) is 3. The van der Waals surface area contributed by atoms with Crippen molar-refractivity contribution in [1.82, 2.24) is 24.8 Å². The van der Waals surface area contributed by atoms with Crippen LogP contribution in [0.5, 0.6) is 0 Å². The van der Waals surface area contributed by atoms with Gasteiger partial charge in [-0.25, -0.2) is 18.6 Å². The Morgan fingerprint density at radius 1 is 1.11 bits per heavy atom. The molecule has 0 saturated carbocycles. The minimum atomic E-state index is -0.932. The van der Waals surface area contributed by atoms with Crippen LogP contribution in [0.2, 0.25) is 0 Å². The molecule has 0 radical (unpaired) electrons. The number of aromatic nitrogens is 3. The minimum absolute atomic E-state index is 0.199. The van der Waals surface area contributed by atoms with E-state index in [1.54, 1.807) is 12.1 Å². The van der Waals surface area contributed by atoms with Gasteiger partial charge in [0, 0.05) is 36.1 Å². The molecule has 2 saturated heterocycles. The summed E-state index contributed by atoms with van der Waals surface area (Å²) in [5.41, 5.74) is 3.75. The molecule has 2 aromatic heterocycles. The maximum Gasteiger partial charge on any atom is 0.407 e. The van der Waals surface area contributed by atoms with Crippen molar-refractivity contribution in [3.05, 3.63) is 53.6 Å². The van der Waals surface area contributed by atoms with Crippen molar-refractivity contribution in [1.29, 1.82) is 0 Å². The van der Waals surface area contributed by atoms with Crippen LogP contribution in [0.15, 0.2) is 36.4 Å². The molecule has 2 aromatic carbocycles. The number of imidazole rings is 1. The number of likely N-dealkylation sites (tertiary alicyclic amines) is 1. The third-order valence-corrected chi connectivity index (χ3v) is 7.43. The summed E-state index contributed by atoms with van der Waals surface area (Å²) in [5, 5.41) is 14.2. The zero-order valence-electron chi connectivity index (χ0n) is 19.2. The highest BCUT2D eigenvalue weighted by Crippen LogP contribution is 2.35. The van der Waals surface area contributed by atoms with Gasteiger partial charge in [-0.1, -0.05) is 0 Å². The van der Waals surface area contributed by atoms with E-state index in [9.17, 15) is 18.7 Å². The van der Waals surface area contributed by atoms with E-state index in [1.165, 1.54) is 29.2 Å². The molecule has 7 nitrogen and oxygen atoms in total. The van der Waals surface area contributed by atoms with Crippen LogP contribution in [0.3, 0.4) is 0 Å². The van der Waals surface area contributed by atoms with Crippen LogP contribution >= 0.6 is 0 Å². The highest BCUT2D eigenvalue weighted by atomic mass is 19.1. The second kappa shape index (κ2) is 8.64. The summed E-state index contributed by atoms with van der Waals surface area (Å²) in [6.07, 6.45) is 3.55. The number of hydrogen-bond acceptors (Lipinski definition) is 3. The predicted molar refractivity (Wildman–Crippen MR) is 129 cm³/mol. The van der Waals surface area contributed by atoms with Gasteiger partial charge in [0.05, 0.1) is 22.8 Å². The Bertz CT molecular complexity index is 1420. The van der Waals surface area contributed by atoms with Gasteiger partial charge in [-0.05, 0) is 74.5 Å². The number of rotatable bonds is 5. The number of H-pyrrole nitrogens is 1. The van der Waals surface area contributed by atoms with Crippen LogP contribution in [0.1, 0.15) is 31.2 Å². The Morgan fingerprint density at radius 3 is 2.74 bits per heavy atom. The van der Waals surface area contributed by atoms with Crippen molar-refractivity contribution in [2.24, 2.45) is 0 Å². The highest BCUT2D eigenvalue weighted by molar-refractivity contribution is 5.91. The molecule has 1 amide bonds. The molecule has 0 aliphatic carbocycles. The van der Waals surface area contributed by atoms with Gasteiger partial charge in [0.15, 0.2) is 5.82 Å². The molecule has 0 spiro atoms. The lowest BCUT2D eigenvalue weighted by Gasteiger charge is -2.23. The smallest absolute Gasteiger partial charge is 0.407 e. The Balaban J connectivity index is 1.53. The minimum Gasteiger partial charge on any atom is -0.465 e. The van der Waals surface area contributed by atoms with E-state index in [0.717, 1.165) is 60.8 Å². The second-order valence-corrected chi connectivity index (χ2v) is 9.62. The van der Waals surface area contributed by atoms with Gasteiger partial charge in [0.2, 0.25) is 0 Å². The van der Waals surface area contributed by atoms with Gasteiger partial charge in [-0.3, -0.25) is 0 Å². The first-order valence-electron chi connectivity index (χ1n) is 12.2. The number of amides is 1. The first-order valence-corrected chi connectivity index (χ1v) is 12.2. The lowest BCUT2D eigenvalue weighted by atomic mass is 10.0. The molecule has 6 rings (SSSR count). The molecule has 2 atom stereocenters. The van der Waals surface area contributed by atoms with Crippen LogP contribution in [0.4, 0.5) is 13.6 Å². The van der Waals surface area contributed by atoms with Crippen molar-refractivity contribution in [2.45, 2.75) is 50.7 Å². The van der Waals surface area contributed by atoms with Gasteiger partial charge in [0.25, 0.3) is 0 Å². The molecule has 182 valence electrons. The Labute approximate surface area is 200 Å².